The van der Waals surface area contributed by atoms with Crippen molar-refractivity contribution >= 4 is 55.7 Å². The number of carbonyl (C=O) groups is 3. The van der Waals surface area contributed by atoms with Crippen molar-refractivity contribution in [2.24, 2.45) is 0 Å². The van der Waals surface area contributed by atoms with Crippen LogP contribution in [0.2, 0.25) is 0 Å². The Labute approximate surface area is 249 Å². The Morgan fingerprint density at radius 3 is 2.40 bits per heavy atom. The lowest BCUT2D eigenvalue weighted by atomic mass is 10.0. The number of anilines is 1. The molecular weight excluding hydrogens is 574 g/mol. The maximum atomic E-state index is 13.3. The molecule has 1 amide bonds. The Bertz CT molecular complexity index is 1810. The molecule has 0 fully saturated rings. The summed E-state index contributed by atoms with van der Waals surface area (Å²) in [6, 6.07) is 19.0. The largest absolute Gasteiger partial charge is 0.462 e. The summed E-state index contributed by atoms with van der Waals surface area (Å²) in [6.45, 7) is 3.43. The fraction of sp³-hybridized carbons (Fsp3) is 0.194. The first-order valence-corrected chi connectivity index (χ1v) is 14.9. The molecule has 9 nitrogen and oxygen atoms in total. The second-order valence-corrected chi connectivity index (χ2v) is 11.2. The quantitative estimate of drug-likeness (QED) is 0.204. The molecule has 0 bridgehead atoms. The van der Waals surface area contributed by atoms with Crippen LogP contribution in [0.15, 0.2) is 77.2 Å². The van der Waals surface area contributed by atoms with E-state index in [-0.39, 0.29) is 30.7 Å². The molecule has 0 aliphatic rings. The van der Waals surface area contributed by atoms with Crippen LogP contribution in [0.1, 0.15) is 38.1 Å². The average molecular weight is 602 g/mol. The minimum absolute atomic E-state index is 0.180. The number of esters is 2. The van der Waals surface area contributed by atoms with Crippen LogP contribution < -0.4 is 10.9 Å². The van der Waals surface area contributed by atoms with Gasteiger partial charge in [0.1, 0.15) is 26.8 Å². The molecule has 214 valence electrons. The molecule has 0 unspecified atom stereocenters. The lowest BCUT2D eigenvalue weighted by molar-refractivity contribution is -0.116. The van der Waals surface area contributed by atoms with Crippen LogP contribution in [0, 0.1) is 6.92 Å². The molecule has 1 N–H and O–H groups in total. The van der Waals surface area contributed by atoms with E-state index in [1.54, 1.807) is 19.2 Å². The monoisotopic (exact) mass is 601 g/mol. The molecule has 0 saturated heterocycles. The smallest absolute Gasteiger partial charge is 0.348 e. The zero-order valence-corrected chi connectivity index (χ0v) is 24.6. The minimum Gasteiger partial charge on any atom is -0.462 e. The van der Waals surface area contributed by atoms with Crippen molar-refractivity contribution in [3.05, 3.63) is 104 Å². The number of carbonyl (C=O) groups excluding carboxylic acids is 3. The van der Waals surface area contributed by atoms with E-state index in [2.05, 4.69) is 10.3 Å². The Balaban J connectivity index is 1.33. The van der Waals surface area contributed by atoms with Gasteiger partial charge in [0, 0.05) is 17.4 Å². The highest BCUT2D eigenvalue weighted by molar-refractivity contribution is 7.20. The third-order valence-electron chi connectivity index (χ3n) is 6.49. The van der Waals surface area contributed by atoms with Gasteiger partial charge in [-0.3, -0.25) is 14.2 Å². The number of amides is 1. The summed E-state index contributed by atoms with van der Waals surface area (Å²) < 4.78 is 11.9. The van der Waals surface area contributed by atoms with E-state index in [0.29, 0.717) is 32.3 Å². The minimum atomic E-state index is -0.551. The van der Waals surface area contributed by atoms with Gasteiger partial charge in [0.05, 0.1) is 24.9 Å². The van der Waals surface area contributed by atoms with E-state index in [1.165, 1.54) is 22.2 Å². The highest BCUT2D eigenvalue weighted by Crippen LogP contribution is 2.36. The van der Waals surface area contributed by atoms with Gasteiger partial charge >= 0.3 is 11.9 Å². The van der Waals surface area contributed by atoms with Crippen molar-refractivity contribution < 1.29 is 23.9 Å². The zero-order valence-electron chi connectivity index (χ0n) is 22.9. The fourth-order valence-electron chi connectivity index (χ4n) is 4.45. The van der Waals surface area contributed by atoms with E-state index >= 15 is 0 Å². The number of ether oxygens (including phenoxy) is 2. The summed E-state index contributed by atoms with van der Waals surface area (Å²) in [5.74, 6) is -1.59. The van der Waals surface area contributed by atoms with Crippen LogP contribution >= 0.6 is 22.7 Å². The maximum absolute atomic E-state index is 13.3. The summed E-state index contributed by atoms with van der Waals surface area (Å²) in [7, 11) is 0. The zero-order chi connectivity index (χ0) is 29.6. The summed E-state index contributed by atoms with van der Waals surface area (Å²) in [4.78, 5) is 57.1. The summed E-state index contributed by atoms with van der Waals surface area (Å²) >= 11 is 2.28. The normalized spacial score (nSPS) is 10.9. The molecule has 3 heterocycles. The number of hydrogen-bond donors (Lipinski definition) is 1. The predicted octanol–water partition coefficient (Wildman–Crippen LogP) is 5.71. The number of nitrogens with zero attached hydrogens (tertiary/aromatic N) is 2. The third kappa shape index (κ3) is 6.17. The predicted molar refractivity (Wildman–Crippen MR) is 163 cm³/mol. The Kier molecular flexibility index (Phi) is 8.89. The lowest BCUT2D eigenvalue weighted by Gasteiger charge is -2.10. The van der Waals surface area contributed by atoms with Gasteiger partial charge in [-0.2, -0.15) is 0 Å². The van der Waals surface area contributed by atoms with Gasteiger partial charge in [0.15, 0.2) is 0 Å². The molecule has 11 heteroatoms. The summed E-state index contributed by atoms with van der Waals surface area (Å²) in [5, 5.41) is 5.13. The SMILES string of the molecule is CCOC(=O)c1c(-c2ccccc2)csc1NC(=O)Cn1cnc2sc(C(=O)OCCc3ccccc3)c(C)c2c1=O. The highest BCUT2D eigenvalue weighted by Gasteiger charge is 2.24. The van der Waals surface area contributed by atoms with Crippen LogP contribution in [0.25, 0.3) is 21.3 Å². The first-order chi connectivity index (χ1) is 20.4. The molecule has 0 saturated carbocycles. The molecule has 42 heavy (non-hydrogen) atoms. The van der Waals surface area contributed by atoms with Crippen LogP contribution in [0.3, 0.4) is 0 Å². The molecule has 3 aromatic heterocycles. The number of fused-ring (bicyclic) bond motifs is 1. The van der Waals surface area contributed by atoms with Gasteiger partial charge in [-0.25, -0.2) is 14.6 Å². The number of thiophene rings is 2. The third-order valence-corrected chi connectivity index (χ3v) is 8.57. The number of rotatable bonds is 10. The van der Waals surface area contributed by atoms with Crippen LogP contribution in [-0.2, 0) is 27.2 Å². The topological polar surface area (TPSA) is 117 Å². The van der Waals surface area contributed by atoms with Crippen molar-refractivity contribution in [3.8, 4) is 11.1 Å². The lowest BCUT2D eigenvalue weighted by Crippen LogP contribution is -2.28. The fourth-order valence-corrected chi connectivity index (χ4v) is 6.45. The highest BCUT2D eigenvalue weighted by atomic mass is 32.1. The van der Waals surface area contributed by atoms with Crippen molar-refractivity contribution in [3.63, 3.8) is 0 Å². The molecule has 5 aromatic rings. The van der Waals surface area contributed by atoms with Crippen LogP contribution in [0.5, 0.6) is 0 Å². The van der Waals surface area contributed by atoms with Crippen molar-refractivity contribution in [1.82, 2.24) is 9.55 Å². The summed E-state index contributed by atoms with van der Waals surface area (Å²) in [5.41, 5.74) is 2.77. The van der Waals surface area contributed by atoms with Crippen molar-refractivity contribution in [1.29, 1.82) is 0 Å². The molecule has 0 spiro atoms. The molecule has 0 atom stereocenters. The molecule has 0 radical (unpaired) electrons. The van der Waals surface area contributed by atoms with E-state index in [9.17, 15) is 19.2 Å². The number of aryl methyl sites for hydroxylation is 1. The Morgan fingerprint density at radius 2 is 1.69 bits per heavy atom. The number of benzene rings is 2. The van der Waals surface area contributed by atoms with Crippen LogP contribution in [0.4, 0.5) is 5.00 Å². The van der Waals surface area contributed by atoms with Gasteiger partial charge < -0.3 is 14.8 Å². The second-order valence-electron chi connectivity index (χ2n) is 9.27. The van der Waals surface area contributed by atoms with E-state index in [1.807, 2.05) is 60.7 Å². The molecule has 2 aromatic carbocycles. The standard InChI is InChI=1S/C31H27N3O6S2/c1-3-39-30(37)25-22(21-12-8-5-9-13-21)17-41-28(25)33-23(35)16-34-18-32-27-24(29(34)36)19(2)26(42-27)31(38)40-15-14-20-10-6-4-7-11-20/h4-13,17-18H,3,14-16H2,1-2H3,(H,33,35). The van der Waals surface area contributed by atoms with Gasteiger partial charge in [0.2, 0.25) is 5.91 Å². The van der Waals surface area contributed by atoms with E-state index in [0.717, 1.165) is 22.5 Å². The first kappa shape index (κ1) is 28.9. The van der Waals surface area contributed by atoms with Gasteiger partial charge in [-0.15, -0.1) is 22.7 Å². The molecule has 0 aliphatic carbocycles. The number of aromatic nitrogens is 2. The number of hydrogen-bond acceptors (Lipinski definition) is 9. The van der Waals surface area contributed by atoms with Crippen molar-refractivity contribution in [2.45, 2.75) is 26.8 Å². The Morgan fingerprint density at radius 1 is 0.976 bits per heavy atom. The second kappa shape index (κ2) is 12.9. The molecule has 5 rings (SSSR count). The Hall–Kier alpha value is -4.61. The van der Waals surface area contributed by atoms with Crippen LogP contribution in [-0.4, -0.2) is 40.6 Å². The van der Waals surface area contributed by atoms with Crippen molar-refractivity contribution in [2.75, 3.05) is 18.5 Å². The average Bonchev–Trinajstić information content (AvgIpc) is 3.57. The van der Waals surface area contributed by atoms with Gasteiger partial charge in [-0.1, -0.05) is 60.7 Å². The maximum Gasteiger partial charge on any atom is 0.348 e. The molecular formula is C31H27N3O6S2. The summed E-state index contributed by atoms with van der Waals surface area (Å²) in [6.07, 6.45) is 1.85. The van der Waals surface area contributed by atoms with Gasteiger partial charge in [0.25, 0.3) is 5.56 Å². The first-order valence-electron chi connectivity index (χ1n) is 13.2. The van der Waals surface area contributed by atoms with E-state index < -0.39 is 23.4 Å². The van der Waals surface area contributed by atoms with E-state index in [4.69, 9.17) is 9.47 Å². The number of nitrogens with one attached hydrogen (secondary N) is 1. The van der Waals surface area contributed by atoms with Gasteiger partial charge in [-0.05, 0) is 30.5 Å². The molecule has 0 aliphatic heterocycles.